The molecule has 0 aliphatic heterocycles. The van der Waals surface area contributed by atoms with Crippen LogP contribution in [0.1, 0.15) is 16.8 Å². The molecule has 1 aromatic heterocycles. The van der Waals surface area contributed by atoms with Gasteiger partial charge in [-0.3, -0.25) is 0 Å². The van der Waals surface area contributed by atoms with Gasteiger partial charge in [0.2, 0.25) is 11.4 Å². The zero-order valence-electron chi connectivity index (χ0n) is 13.5. The van der Waals surface area contributed by atoms with E-state index in [1.165, 1.54) is 6.20 Å². The smallest absolute Gasteiger partial charge is 0.235 e. The van der Waals surface area contributed by atoms with E-state index >= 15 is 0 Å². The van der Waals surface area contributed by atoms with Crippen molar-refractivity contribution in [2.24, 2.45) is 0 Å². The zero-order valence-corrected chi connectivity index (χ0v) is 13.5. The molecule has 0 N–H and O–H groups in total. The van der Waals surface area contributed by atoms with Crippen molar-refractivity contribution >= 4 is 0 Å². The number of hydrogen-bond donors (Lipinski definition) is 0. The Kier molecular flexibility index (Phi) is 4.96. The maximum atomic E-state index is 11.9. The van der Waals surface area contributed by atoms with E-state index < -0.39 is 0 Å². The van der Waals surface area contributed by atoms with Gasteiger partial charge < -0.3 is 14.7 Å². The molecule has 122 valence electrons. The highest BCUT2D eigenvalue weighted by molar-refractivity contribution is 5.40. The van der Waals surface area contributed by atoms with E-state index in [0.29, 0.717) is 30.4 Å². The summed E-state index contributed by atoms with van der Waals surface area (Å²) in [6, 6.07) is 21.4. The summed E-state index contributed by atoms with van der Waals surface area (Å²) in [6.45, 7) is 2.53. The fourth-order valence-corrected chi connectivity index (χ4v) is 2.36. The van der Waals surface area contributed by atoms with Gasteiger partial charge in [-0.2, -0.15) is 4.73 Å². The monoisotopic (exact) mass is 321 g/mol. The Labute approximate surface area is 141 Å². The van der Waals surface area contributed by atoms with Crippen molar-refractivity contribution in [2.75, 3.05) is 0 Å². The van der Waals surface area contributed by atoms with Gasteiger partial charge in [0.05, 0.1) is 0 Å². The molecule has 2 aromatic carbocycles. The number of aromatic nitrogens is 1. The Morgan fingerprint density at radius 2 is 1.33 bits per heavy atom. The number of pyridine rings is 1. The van der Waals surface area contributed by atoms with Crippen LogP contribution >= 0.6 is 0 Å². The molecule has 0 spiro atoms. The molecule has 0 bridgehead atoms. The molecule has 0 radical (unpaired) electrons. The summed E-state index contributed by atoms with van der Waals surface area (Å²) < 4.78 is 12.5. The van der Waals surface area contributed by atoms with Gasteiger partial charge in [-0.15, -0.1) is 0 Å². The molecule has 0 fully saturated rings. The molecule has 0 unspecified atom stereocenters. The average molecular weight is 321 g/mol. The second-order valence-corrected chi connectivity index (χ2v) is 5.47. The van der Waals surface area contributed by atoms with Crippen LogP contribution in [0.3, 0.4) is 0 Å². The minimum atomic E-state index is 0.382. The maximum Gasteiger partial charge on any atom is 0.235 e. The minimum Gasteiger partial charge on any atom is -0.618 e. The van der Waals surface area contributed by atoms with Gasteiger partial charge in [-0.05, 0) is 11.1 Å². The summed E-state index contributed by atoms with van der Waals surface area (Å²) in [5.74, 6) is 1.05. The number of nitrogens with zero attached hydrogens (tertiary/aromatic N) is 1. The largest absolute Gasteiger partial charge is 0.618 e. The van der Waals surface area contributed by atoms with Gasteiger partial charge in [0, 0.05) is 13.0 Å². The van der Waals surface area contributed by atoms with Crippen LogP contribution in [0.5, 0.6) is 11.5 Å². The number of hydrogen-bond acceptors (Lipinski definition) is 3. The van der Waals surface area contributed by atoms with Crippen molar-refractivity contribution in [3.8, 4) is 11.5 Å². The Balaban J connectivity index is 1.77. The SMILES string of the molecule is Cc1c(OCc2ccccc2)c(OCc2ccccc2)cc[n+]1[O-]. The summed E-state index contributed by atoms with van der Waals surface area (Å²) in [7, 11) is 0. The first-order valence-electron chi connectivity index (χ1n) is 7.80. The Hall–Kier alpha value is -3.01. The molecule has 1 heterocycles. The lowest BCUT2D eigenvalue weighted by atomic mass is 10.2. The number of rotatable bonds is 6. The molecule has 3 aromatic rings. The van der Waals surface area contributed by atoms with Crippen LogP contribution in [0.2, 0.25) is 0 Å². The molecule has 4 nitrogen and oxygen atoms in total. The van der Waals surface area contributed by atoms with E-state index in [0.717, 1.165) is 15.9 Å². The summed E-state index contributed by atoms with van der Waals surface area (Å²) in [4.78, 5) is 0. The third-order valence-electron chi connectivity index (χ3n) is 3.71. The highest BCUT2D eigenvalue weighted by Crippen LogP contribution is 2.30. The van der Waals surface area contributed by atoms with Gasteiger partial charge in [0.15, 0.2) is 11.9 Å². The fourth-order valence-electron chi connectivity index (χ4n) is 2.36. The second-order valence-electron chi connectivity index (χ2n) is 5.47. The molecule has 0 saturated heterocycles. The molecule has 3 rings (SSSR count). The van der Waals surface area contributed by atoms with Crippen molar-refractivity contribution in [3.63, 3.8) is 0 Å². The third-order valence-corrected chi connectivity index (χ3v) is 3.71. The molecule has 0 atom stereocenters. The van der Waals surface area contributed by atoms with Crippen LogP contribution in [0.4, 0.5) is 0 Å². The maximum absolute atomic E-state index is 11.9. The van der Waals surface area contributed by atoms with Gasteiger partial charge in [0.25, 0.3) is 0 Å². The molecule has 0 amide bonds. The number of ether oxygens (including phenoxy) is 2. The van der Waals surface area contributed by atoms with E-state index in [9.17, 15) is 5.21 Å². The summed E-state index contributed by atoms with van der Waals surface area (Å²) in [5, 5.41) is 11.9. The highest BCUT2D eigenvalue weighted by Gasteiger charge is 2.16. The molecular weight excluding hydrogens is 302 g/mol. The van der Waals surface area contributed by atoms with Gasteiger partial charge in [-0.1, -0.05) is 60.7 Å². The first-order valence-corrected chi connectivity index (χ1v) is 7.80. The lowest BCUT2D eigenvalue weighted by molar-refractivity contribution is -0.612. The van der Waals surface area contributed by atoms with Crippen molar-refractivity contribution in [1.82, 2.24) is 0 Å². The van der Waals surface area contributed by atoms with Crippen molar-refractivity contribution in [2.45, 2.75) is 20.1 Å². The topological polar surface area (TPSA) is 45.4 Å². The molecule has 0 aliphatic rings. The van der Waals surface area contributed by atoms with E-state index in [4.69, 9.17) is 9.47 Å². The Bertz CT molecular complexity index is 789. The van der Waals surface area contributed by atoms with Crippen LogP contribution in [-0.2, 0) is 13.2 Å². The zero-order chi connectivity index (χ0) is 16.8. The molecule has 0 aliphatic carbocycles. The Morgan fingerprint density at radius 3 is 1.92 bits per heavy atom. The highest BCUT2D eigenvalue weighted by atomic mass is 16.5. The van der Waals surface area contributed by atoms with Crippen LogP contribution in [0.25, 0.3) is 0 Å². The number of benzene rings is 2. The van der Waals surface area contributed by atoms with Gasteiger partial charge in [-0.25, -0.2) is 0 Å². The first-order chi connectivity index (χ1) is 11.7. The molecular formula is C20H19NO3. The van der Waals surface area contributed by atoms with Crippen molar-refractivity contribution in [3.05, 3.63) is 95.0 Å². The Morgan fingerprint density at radius 1 is 0.792 bits per heavy atom. The minimum absolute atomic E-state index is 0.382. The summed E-state index contributed by atoms with van der Waals surface area (Å²) in [6.07, 6.45) is 1.44. The third kappa shape index (κ3) is 3.84. The standard InChI is InChI=1S/C20H19NO3/c1-16-20(24-15-18-10-6-3-7-11-18)19(12-13-21(16)22)23-14-17-8-4-2-5-9-17/h2-13H,14-15H2,1H3. The lowest BCUT2D eigenvalue weighted by Crippen LogP contribution is -2.30. The predicted molar refractivity (Wildman–Crippen MR) is 91.7 cm³/mol. The second kappa shape index (κ2) is 7.51. The van der Waals surface area contributed by atoms with Gasteiger partial charge in [0.1, 0.15) is 13.2 Å². The fraction of sp³-hybridized carbons (Fsp3) is 0.150. The van der Waals surface area contributed by atoms with Crippen molar-refractivity contribution in [1.29, 1.82) is 0 Å². The van der Waals surface area contributed by atoms with Crippen molar-refractivity contribution < 1.29 is 14.2 Å². The van der Waals surface area contributed by atoms with E-state index in [1.807, 2.05) is 60.7 Å². The van der Waals surface area contributed by atoms with E-state index in [-0.39, 0.29) is 0 Å². The lowest BCUT2D eigenvalue weighted by Gasteiger charge is -2.14. The van der Waals surface area contributed by atoms with Crippen LogP contribution in [-0.4, -0.2) is 0 Å². The van der Waals surface area contributed by atoms with Crippen LogP contribution in [0, 0.1) is 12.1 Å². The molecule has 4 heteroatoms. The first kappa shape index (κ1) is 15.9. The van der Waals surface area contributed by atoms with Crippen LogP contribution < -0.4 is 14.2 Å². The predicted octanol–water partition coefficient (Wildman–Crippen LogP) is 3.79. The van der Waals surface area contributed by atoms with Crippen LogP contribution in [0.15, 0.2) is 72.9 Å². The van der Waals surface area contributed by atoms with E-state index in [1.54, 1.807) is 13.0 Å². The normalized spacial score (nSPS) is 10.4. The quantitative estimate of drug-likeness (QED) is 0.512. The molecule has 0 saturated carbocycles. The van der Waals surface area contributed by atoms with Gasteiger partial charge >= 0.3 is 0 Å². The summed E-state index contributed by atoms with van der Waals surface area (Å²) >= 11 is 0. The van der Waals surface area contributed by atoms with E-state index in [2.05, 4.69) is 0 Å². The summed E-state index contributed by atoms with van der Waals surface area (Å²) in [5.41, 5.74) is 2.58. The molecule has 24 heavy (non-hydrogen) atoms. The average Bonchev–Trinajstić information content (AvgIpc) is 2.63.